The third-order valence-corrected chi connectivity index (χ3v) is 2.68. The highest BCUT2D eigenvalue weighted by atomic mass is 32.2. The first-order chi connectivity index (χ1) is 7.11. The topological polar surface area (TPSA) is 92.8 Å². The van der Waals surface area contributed by atoms with Gasteiger partial charge in [0.25, 0.3) is 0 Å². The van der Waals surface area contributed by atoms with Crippen molar-refractivity contribution in [1.29, 1.82) is 0 Å². The van der Waals surface area contributed by atoms with E-state index < -0.39 is 18.1 Å². The van der Waals surface area contributed by atoms with E-state index in [1.54, 1.807) is 0 Å². The molecule has 0 spiro atoms. The van der Waals surface area contributed by atoms with E-state index in [1.165, 1.54) is 17.8 Å². The maximum Gasteiger partial charge on any atom is 0.324 e. The molecule has 0 aliphatic heterocycles. The number of thioether (sulfide) groups is 1. The molecule has 0 fully saturated rings. The number of hydrogen-bond donors (Lipinski definition) is 3. The molecule has 2 atom stereocenters. The Labute approximate surface area is 93.3 Å². The Bertz CT molecular complexity index is 201. The molecule has 88 valence electrons. The highest BCUT2D eigenvalue weighted by Gasteiger charge is 2.15. The number of carbonyl (C=O) groups excluding carboxylic acids is 1. The second kappa shape index (κ2) is 8.72. The fourth-order valence-electron chi connectivity index (χ4n) is 0.700. The minimum Gasteiger partial charge on any atom is -0.460 e. The molecule has 0 radical (unpaired) electrons. The predicted molar refractivity (Wildman–Crippen MR) is 59.5 cm³/mol. The van der Waals surface area contributed by atoms with E-state index in [4.69, 9.17) is 20.7 Å². The SMILES string of the molecule is C=CCOC(=O)[C@@H](N)CSC[C@H](O)CO. The summed E-state index contributed by atoms with van der Waals surface area (Å²) in [7, 11) is 0. The second-order valence-electron chi connectivity index (χ2n) is 2.90. The lowest BCUT2D eigenvalue weighted by molar-refractivity contribution is -0.143. The maximum absolute atomic E-state index is 11.1. The van der Waals surface area contributed by atoms with Gasteiger partial charge in [-0.05, 0) is 0 Å². The van der Waals surface area contributed by atoms with E-state index in [2.05, 4.69) is 6.58 Å². The Kier molecular flexibility index (Phi) is 8.40. The summed E-state index contributed by atoms with van der Waals surface area (Å²) in [5, 5.41) is 17.5. The number of aliphatic hydroxyl groups is 2. The van der Waals surface area contributed by atoms with Crippen molar-refractivity contribution in [3.05, 3.63) is 12.7 Å². The van der Waals surface area contributed by atoms with Crippen LogP contribution in [0.2, 0.25) is 0 Å². The fourth-order valence-corrected chi connectivity index (χ4v) is 1.60. The third kappa shape index (κ3) is 7.38. The first kappa shape index (κ1) is 14.4. The molecule has 0 heterocycles. The van der Waals surface area contributed by atoms with Gasteiger partial charge in [0.05, 0.1) is 12.7 Å². The zero-order valence-electron chi connectivity index (χ0n) is 8.46. The van der Waals surface area contributed by atoms with Gasteiger partial charge >= 0.3 is 5.97 Å². The van der Waals surface area contributed by atoms with Gasteiger partial charge in [0.2, 0.25) is 0 Å². The number of rotatable bonds is 8. The molecule has 0 amide bonds. The van der Waals surface area contributed by atoms with Crippen LogP contribution < -0.4 is 5.73 Å². The first-order valence-corrected chi connectivity index (χ1v) is 5.67. The number of aliphatic hydroxyl groups excluding tert-OH is 2. The molecule has 5 nitrogen and oxygen atoms in total. The van der Waals surface area contributed by atoms with Crippen LogP contribution in [0.3, 0.4) is 0 Å². The molecule has 0 aromatic carbocycles. The summed E-state index contributed by atoms with van der Waals surface area (Å²) in [5.41, 5.74) is 5.51. The summed E-state index contributed by atoms with van der Waals surface area (Å²) in [5.74, 6) is 0.215. The van der Waals surface area contributed by atoms with E-state index in [0.717, 1.165) is 0 Å². The van der Waals surface area contributed by atoms with Gasteiger partial charge in [-0.25, -0.2) is 0 Å². The number of carbonyl (C=O) groups is 1. The Morgan fingerprint density at radius 3 is 2.80 bits per heavy atom. The molecule has 0 aromatic heterocycles. The predicted octanol–water partition coefficient (Wildman–Crippen LogP) is -0.871. The van der Waals surface area contributed by atoms with Crippen LogP contribution in [0.4, 0.5) is 0 Å². The van der Waals surface area contributed by atoms with E-state index in [0.29, 0.717) is 11.5 Å². The van der Waals surface area contributed by atoms with Crippen molar-refractivity contribution in [2.75, 3.05) is 24.7 Å². The molecular weight excluding hydrogens is 218 g/mol. The Hall–Kier alpha value is -0.560. The monoisotopic (exact) mass is 235 g/mol. The largest absolute Gasteiger partial charge is 0.460 e. The van der Waals surface area contributed by atoms with Gasteiger partial charge in [-0.1, -0.05) is 12.7 Å². The van der Waals surface area contributed by atoms with Crippen molar-refractivity contribution in [3.8, 4) is 0 Å². The average molecular weight is 235 g/mol. The van der Waals surface area contributed by atoms with Crippen LogP contribution in [0.15, 0.2) is 12.7 Å². The summed E-state index contributed by atoms with van der Waals surface area (Å²) in [4.78, 5) is 11.1. The van der Waals surface area contributed by atoms with Crippen LogP contribution in [0.25, 0.3) is 0 Å². The van der Waals surface area contributed by atoms with Crippen LogP contribution in [0.5, 0.6) is 0 Å². The molecule has 0 rings (SSSR count). The van der Waals surface area contributed by atoms with Gasteiger partial charge < -0.3 is 20.7 Å². The smallest absolute Gasteiger partial charge is 0.324 e. The molecule has 6 heteroatoms. The van der Waals surface area contributed by atoms with Crippen molar-refractivity contribution in [2.24, 2.45) is 5.73 Å². The zero-order valence-corrected chi connectivity index (χ0v) is 9.28. The van der Waals surface area contributed by atoms with Crippen molar-refractivity contribution in [1.82, 2.24) is 0 Å². The summed E-state index contributed by atoms with van der Waals surface area (Å²) in [6, 6.07) is -0.708. The quantitative estimate of drug-likeness (QED) is 0.374. The van der Waals surface area contributed by atoms with Gasteiger partial charge in [-0.2, -0.15) is 11.8 Å². The Morgan fingerprint density at radius 2 is 2.27 bits per heavy atom. The molecule has 0 aromatic rings. The van der Waals surface area contributed by atoms with Crippen LogP contribution in [-0.4, -0.2) is 53.0 Å². The standard InChI is InChI=1S/C9H17NO4S/c1-2-3-14-9(13)8(10)6-15-5-7(12)4-11/h2,7-8,11-12H,1,3-6,10H2/t7-,8+/m1/s1. The highest BCUT2D eigenvalue weighted by molar-refractivity contribution is 7.99. The van der Waals surface area contributed by atoms with Gasteiger partial charge in [-0.3, -0.25) is 4.79 Å². The molecule has 0 bridgehead atoms. The molecule has 0 saturated carbocycles. The minimum absolute atomic E-state index is 0.149. The van der Waals surface area contributed by atoms with Gasteiger partial charge in [-0.15, -0.1) is 0 Å². The highest BCUT2D eigenvalue weighted by Crippen LogP contribution is 2.05. The van der Waals surface area contributed by atoms with Gasteiger partial charge in [0.1, 0.15) is 12.6 Å². The van der Waals surface area contributed by atoms with Crippen molar-refractivity contribution < 1.29 is 19.7 Å². The van der Waals surface area contributed by atoms with E-state index >= 15 is 0 Å². The number of esters is 1. The molecule has 4 N–H and O–H groups in total. The van der Waals surface area contributed by atoms with Gasteiger partial charge in [0, 0.05) is 11.5 Å². The van der Waals surface area contributed by atoms with Crippen LogP contribution in [-0.2, 0) is 9.53 Å². The van der Waals surface area contributed by atoms with Crippen molar-refractivity contribution in [3.63, 3.8) is 0 Å². The Morgan fingerprint density at radius 1 is 1.60 bits per heavy atom. The number of nitrogens with two attached hydrogens (primary N) is 1. The second-order valence-corrected chi connectivity index (χ2v) is 3.97. The minimum atomic E-state index is -0.772. The van der Waals surface area contributed by atoms with E-state index in [1.807, 2.05) is 0 Å². The molecule has 0 aliphatic rings. The van der Waals surface area contributed by atoms with Crippen LogP contribution >= 0.6 is 11.8 Å². The van der Waals surface area contributed by atoms with Crippen LogP contribution in [0, 0.1) is 0 Å². The third-order valence-electron chi connectivity index (χ3n) is 1.46. The lowest BCUT2D eigenvalue weighted by atomic mass is 10.4. The number of ether oxygens (including phenoxy) is 1. The summed E-state index contributed by atoms with van der Waals surface area (Å²) >= 11 is 1.29. The van der Waals surface area contributed by atoms with E-state index in [9.17, 15) is 4.79 Å². The first-order valence-electron chi connectivity index (χ1n) is 4.51. The lowest BCUT2D eigenvalue weighted by Crippen LogP contribution is -2.35. The molecule has 0 unspecified atom stereocenters. The Balaban J connectivity index is 3.59. The van der Waals surface area contributed by atoms with Gasteiger partial charge in [0.15, 0.2) is 0 Å². The maximum atomic E-state index is 11.1. The van der Waals surface area contributed by atoms with Crippen molar-refractivity contribution >= 4 is 17.7 Å². The van der Waals surface area contributed by atoms with Crippen LogP contribution in [0.1, 0.15) is 0 Å². The summed E-state index contributed by atoms with van der Waals surface area (Å²) < 4.78 is 4.73. The lowest BCUT2D eigenvalue weighted by Gasteiger charge is -2.11. The number of hydrogen-bond acceptors (Lipinski definition) is 6. The molecule has 15 heavy (non-hydrogen) atoms. The molecular formula is C9H17NO4S. The average Bonchev–Trinajstić information content (AvgIpc) is 2.25. The molecule has 0 saturated heterocycles. The summed E-state index contributed by atoms with van der Waals surface area (Å²) in [6.07, 6.45) is 0.694. The zero-order chi connectivity index (χ0) is 11.7. The normalized spacial score (nSPS) is 14.3. The van der Waals surface area contributed by atoms with E-state index in [-0.39, 0.29) is 13.2 Å². The fraction of sp³-hybridized carbons (Fsp3) is 0.667. The van der Waals surface area contributed by atoms with Crippen molar-refractivity contribution in [2.45, 2.75) is 12.1 Å². The summed E-state index contributed by atoms with van der Waals surface area (Å²) in [6.45, 7) is 3.27. The molecule has 0 aliphatic carbocycles.